The first-order valence-electron chi connectivity index (χ1n) is 12.3. The number of benzene rings is 3. The largest absolute Gasteiger partial charge is 0.481 e. The van der Waals surface area contributed by atoms with Crippen molar-refractivity contribution in [1.29, 1.82) is 0 Å². The van der Waals surface area contributed by atoms with Gasteiger partial charge in [-0.1, -0.05) is 55.0 Å². The second-order valence-corrected chi connectivity index (χ2v) is 10.1. The fourth-order valence-corrected chi connectivity index (χ4v) is 5.70. The van der Waals surface area contributed by atoms with Gasteiger partial charge in [-0.3, -0.25) is 4.79 Å². The van der Waals surface area contributed by atoms with E-state index < -0.39 is 5.97 Å². The molecule has 3 nitrogen and oxygen atoms in total. The molecule has 176 valence electrons. The van der Waals surface area contributed by atoms with E-state index in [1.54, 1.807) is 6.07 Å². The molecule has 0 aromatic heterocycles. The first-order valence-corrected chi connectivity index (χ1v) is 12.3. The fraction of sp³-hybridized carbons (Fsp3) is 0.367. The highest BCUT2D eigenvalue weighted by atomic mass is 19.1. The van der Waals surface area contributed by atoms with Crippen molar-refractivity contribution in [3.8, 4) is 11.1 Å². The molecule has 0 saturated heterocycles. The number of anilines is 1. The minimum atomic E-state index is -0.717. The van der Waals surface area contributed by atoms with Gasteiger partial charge in [0, 0.05) is 18.3 Å². The zero-order valence-electron chi connectivity index (χ0n) is 20.1. The van der Waals surface area contributed by atoms with E-state index >= 15 is 0 Å². The van der Waals surface area contributed by atoms with E-state index in [4.69, 9.17) is 0 Å². The molecular formula is C30H32FNO2. The monoisotopic (exact) mass is 457 g/mol. The van der Waals surface area contributed by atoms with Gasteiger partial charge in [0.15, 0.2) is 0 Å². The second kappa shape index (κ2) is 8.90. The van der Waals surface area contributed by atoms with Crippen molar-refractivity contribution >= 4 is 11.7 Å². The molecule has 1 N–H and O–H groups in total. The van der Waals surface area contributed by atoms with Crippen molar-refractivity contribution in [2.75, 3.05) is 11.9 Å². The Bertz CT molecular complexity index is 1210. The van der Waals surface area contributed by atoms with Crippen LogP contribution in [0.4, 0.5) is 10.1 Å². The summed E-state index contributed by atoms with van der Waals surface area (Å²) in [6.07, 6.45) is 4.23. The average Bonchev–Trinajstić information content (AvgIpc) is 3.66. The van der Waals surface area contributed by atoms with Crippen LogP contribution in [0.15, 0.2) is 60.7 Å². The molecule has 0 amide bonds. The number of carboxylic acids is 1. The lowest BCUT2D eigenvalue weighted by Gasteiger charge is -2.37. The van der Waals surface area contributed by atoms with Crippen molar-refractivity contribution in [3.63, 3.8) is 0 Å². The molecule has 1 aliphatic carbocycles. The number of halogens is 1. The first-order chi connectivity index (χ1) is 16.3. The molecule has 5 rings (SSSR count). The zero-order chi connectivity index (χ0) is 24.0. The summed E-state index contributed by atoms with van der Waals surface area (Å²) in [5.41, 5.74) is 7.45. The fourth-order valence-electron chi connectivity index (χ4n) is 5.70. The minimum absolute atomic E-state index is 0.0695. The summed E-state index contributed by atoms with van der Waals surface area (Å²) in [5, 5.41) is 9.67. The third-order valence-corrected chi connectivity index (χ3v) is 7.82. The Morgan fingerprint density at radius 3 is 2.44 bits per heavy atom. The molecule has 0 bridgehead atoms. The van der Waals surface area contributed by atoms with Gasteiger partial charge in [-0.15, -0.1) is 0 Å². The highest BCUT2D eigenvalue weighted by Crippen LogP contribution is 2.48. The summed E-state index contributed by atoms with van der Waals surface area (Å²) < 4.78 is 14.4. The predicted octanol–water partition coefficient (Wildman–Crippen LogP) is 7.14. The average molecular weight is 458 g/mol. The molecule has 1 fully saturated rings. The third kappa shape index (κ3) is 4.22. The van der Waals surface area contributed by atoms with Crippen LogP contribution in [0.1, 0.15) is 60.4 Å². The van der Waals surface area contributed by atoms with Crippen molar-refractivity contribution in [3.05, 3.63) is 88.7 Å². The number of fused-ring (bicyclic) bond motifs is 1. The Hall–Kier alpha value is -3.14. The van der Waals surface area contributed by atoms with Crippen LogP contribution in [-0.2, 0) is 11.2 Å². The van der Waals surface area contributed by atoms with Crippen LogP contribution in [0.3, 0.4) is 0 Å². The Kier molecular flexibility index (Phi) is 5.93. The molecular weight excluding hydrogens is 425 g/mol. The van der Waals surface area contributed by atoms with Crippen LogP contribution in [0.5, 0.6) is 0 Å². The lowest BCUT2D eigenvalue weighted by molar-refractivity contribution is -0.142. The maximum Gasteiger partial charge on any atom is 0.306 e. The van der Waals surface area contributed by atoms with Crippen LogP contribution in [0.25, 0.3) is 11.1 Å². The standard InChI is InChI=1S/C30H32FNO2/c1-18-4-14-26(31)25(16-18)20-5-7-21(8-6-20)27-15-13-22-9-12-24(17-28(22)32(27)3)29(23-10-11-23)19(2)30(33)34/h4-9,12,14,16-17,19,23,27,29H,10-11,13,15H2,1-3H3,(H,33,34)/t19-,27?,29-/m0/s1. The molecule has 1 aliphatic heterocycles. The molecule has 4 heteroatoms. The molecule has 1 heterocycles. The number of carboxylic acid groups (broad SMARTS) is 1. The molecule has 0 spiro atoms. The van der Waals surface area contributed by atoms with Gasteiger partial charge in [0.25, 0.3) is 0 Å². The minimum Gasteiger partial charge on any atom is -0.481 e. The van der Waals surface area contributed by atoms with E-state index in [0.717, 1.165) is 42.4 Å². The van der Waals surface area contributed by atoms with Crippen molar-refractivity contribution < 1.29 is 14.3 Å². The highest BCUT2D eigenvalue weighted by Gasteiger charge is 2.39. The Morgan fingerprint density at radius 2 is 1.76 bits per heavy atom. The summed E-state index contributed by atoms with van der Waals surface area (Å²) in [5.74, 6) is -0.755. The first kappa shape index (κ1) is 22.6. The maximum absolute atomic E-state index is 14.4. The van der Waals surface area contributed by atoms with Crippen LogP contribution >= 0.6 is 0 Å². The summed E-state index contributed by atoms with van der Waals surface area (Å²) in [4.78, 5) is 14.1. The third-order valence-electron chi connectivity index (χ3n) is 7.82. The number of hydrogen-bond donors (Lipinski definition) is 1. The van der Waals surface area contributed by atoms with Crippen molar-refractivity contribution in [2.45, 2.75) is 51.5 Å². The van der Waals surface area contributed by atoms with Crippen LogP contribution in [-0.4, -0.2) is 18.1 Å². The van der Waals surface area contributed by atoms with Gasteiger partial charge in [-0.25, -0.2) is 4.39 Å². The van der Waals surface area contributed by atoms with Crippen LogP contribution in [0, 0.1) is 24.6 Å². The SMILES string of the molecule is Cc1ccc(F)c(-c2ccc(C3CCc4ccc([C@H](C5CC5)[C@H](C)C(=O)O)cc4N3C)cc2)c1. The van der Waals surface area contributed by atoms with Crippen LogP contribution in [0.2, 0.25) is 0 Å². The molecule has 34 heavy (non-hydrogen) atoms. The predicted molar refractivity (Wildman–Crippen MR) is 135 cm³/mol. The molecule has 3 atom stereocenters. The Balaban J connectivity index is 1.42. The van der Waals surface area contributed by atoms with Gasteiger partial charge >= 0.3 is 5.97 Å². The van der Waals surface area contributed by atoms with Crippen molar-refractivity contribution in [2.24, 2.45) is 11.8 Å². The number of aliphatic carboxylic acids is 1. The van der Waals surface area contributed by atoms with Gasteiger partial charge in [-0.05, 0) is 84.9 Å². The Morgan fingerprint density at radius 1 is 1.03 bits per heavy atom. The van der Waals surface area contributed by atoms with E-state index in [1.165, 1.54) is 22.9 Å². The molecule has 3 aromatic carbocycles. The van der Waals surface area contributed by atoms with E-state index in [1.807, 2.05) is 32.0 Å². The van der Waals surface area contributed by atoms with Gasteiger partial charge in [0.2, 0.25) is 0 Å². The summed E-state index contributed by atoms with van der Waals surface area (Å²) in [6, 6.07) is 20.3. The number of hydrogen-bond acceptors (Lipinski definition) is 2. The highest BCUT2D eigenvalue weighted by molar-refractivity contribution is 5.72. The van der Waals surface area contributed by atoms with Crippen LogP contribution < -0.4 is 4.90 Å². The van der Waals surface area contributed by atoms with Gasteiger partial charge in [-0.2, -0.15) is 0 Å². The summed E-state index contributed by atoms with van der Waals surface area (Å²) in [6.45, 7) is 3.82. The molecule has 2 aliphatic rings. The molecule has 3 aromatic rings. The lowest BCUT2D eigenvalue weighted by Crippen LogP contribution is -2.30. The van der Waals surface area contributed by atoms with E-state index in [9.17, 15) is 14.3 Å². The molecule has 1 saturated carbocycles. The smallest absolute Gasteiger partial charge is 0.306 e. The molecule has 1 unspecified atom stereocenters. The number of carbonyl (C=O) groups is 1. The van der Waals surface area contributed by atoms with E-state index in [-0.39, 0.29) is 23.7 Å². The summed E-state index contributed by atoms with van der Waals surface area (Å²) >= 11 is 0. The van der Waals surface area contributed by atoms with Gasteiger partial charge in [0.1, 0.15) is 5.82 Å². The Labute approximate surface area is 201 Å². The number of rotatable bonds is 6. The topological polar surface area (TPSA) is 40.5 Å². The lowest BCUT2D eigenvalue weighted by atomic mass is 9.81. The quantitative estimate of drug-likeness (QED) is 0.428. The number of aryl methyl sites for hydroxylation is 2. The molecule has 0 radical (unpaired) electrons. The second-order valence-electron chi connectivity index (χ2n) is 10.1. The van der Waals surface area contributed by atoms with Crippen molar-refractivity contribution in [1.82, 2.24) is 0 Å². The number of nitrogens with zero attached hydrogens (tertiary/aromatic N) is 1. The zero-order valence-corrected chi connectivity index (χ0v) is 20.1. The van der Waals surface area contributed by atoms with E-state index in [2.05, 4.69) is 42.3 Å². The van der Waals surface area contributed by atoms with E-state index in [0.29, 0.717) is 11.5 Å². The van der Waals surface area contributed by atoms with Gasteiger partial charge in [0.05, 0.1) is 12.0 Å². The maximum atomic E-state index is 14.4. The normalized spacial score (nSPS) is 19.4. The van der Waals surface area contributed by atoms with Gasteiger partial charge < -0.3 is 10.0 Å². The summed E-state index contributed by atoms with van der Waals surface area (Å²) in [7, 11) is 2.13.